The Morgan fingerprint density at radius 1 is 1.10 bits per heavy atom. The van der Waals surface area contributed by atoms with Crippen molar-refractivity contribution in [3.8, 4) is 0 Å². The van der Waals surface area contributed by atoms with Crippen molar-refractivity contribution in [2.24, 2.45) is 0 Å². The van der Waals surface area contributed by atoms with Crippen LogP contribution in [0.1, 0.15) is 10.4 Å². The zero-order chi connectivity index (χ0) is 14.5. The van der Waals surface area contributed by atoms with Gasteiger partial charge in [-0.1, -0.05) is 15.9 Å². The van der Waals surface area contributed by atoms with Crippen molar-refractivity contribution in [2.45, 2.75) is 0 Å². The molecule has 1 N–H and O–H groups in total. The van der Waals surface area contributed by atoms with Crippen LogP contribution in [0.3, 0.4) is 0 Å². The van der Waals surface area contributed by atoms with Crippen LogP contribution in [0.2, 0.25) is 0 Å². The quantitative estimate of drug-likeness (QED) is 0.892. The van der Waals surface area contributed by atoms with Crippen LogP contribution in [0, 0.1) is 0 Å². The summed E-state index contributed by atoms with van der Waals surface area (Å²) in [6, 6.07) is 7.34. The maximum Gasteiger partial charge on any atom is 0.253 e. The molecular formula is C14H18BrN3O2. The summed E-state index contributed by atoms with van der Waals surface area (Å²) in [4.78, 5) is 27.6. The highest BCUT2D eigenvalue weighted by Gasteiger charge is 2.24. The fourth-order valence-electron chi connectivity index (χ4n) is 2.20. The number of halogens is 1. The number of carbonyl (C=O) groups excluding carboxylic acids is 2. The third kappa shape index (κ3) is 3.58. The number of nitrogens with one attached hydrogen (secondary N) is 1. The highest BCUT2D eigenvalue weighted by molar-refractivity contribution is 9.10. The summed E-state index contributed by atoms with van der Waals surface area (Å²) < 4.78 is 0.955. The molecule has 1 aliphatic rings. The Kier molecular flexibility index (Phi) is 5.14. The summed E-state index contributed by atoms with van der Waals surface area (Å²) in [5, 5.41) is 2.85. The molecular weight excluding hydrogens is 322 g/mol. The Bertz CT molecular complexity index is 482. The van der Waals surface area contributed by atoms with Crippen LogP contribution >= 0.6 is 15.9 Å². The molecule has 0 spiro atoms. The third-order valence-corrected chi connectivity index (χ3v) is 3.87. The Hall–Kier alpha value is -1.40. The van der Waals surface area contributed by atoms with Gasteiger partial charge in [0.2, 0.25) is 5.91 Å². The molecule has 2 rings (SSSR count). The van der Waals surface area contributed by atoms with E-state index in [2.05, 4.69) is 21.2 Å². The van der Waals surface area contributed by atoms with Crippen molar-refractivity contribution in [3.05, 3.63) is 34.3 Å². The second kappa shape index (κ2) is 6.85. The largest absolute Gasteiger partial charge is 0.338 e. The van der Waals surface area contributed by atoms with E-state index in [4.69, 9.17) is 0 Å². The molecule has 0 saturated carbocycles. The van der Waals surface area contributed by atoms with Gasteiger partial charge in [0.25, 0.3) is 5.91 Å². The Balaban J connectivity index is 1.92. The molecule has 2 amide bonds. The lowest BCUT2D eigenvalue weighted by molar-refractivity contribution is -0.131. The zero-order valence-corrected chi connectivity index (χ0v) is 13.0. The van der Waals surface area contributed by atoms with Crippen molar-refractivity contribution in [1.29, 1.82) is 0 Å². The minimum absolute atomic E-state index is 0.0261. The van der Waals surface area contributed by atoms with Crippen molar-refractivity contribution in [3.63, 3.8) is 0 Å². The van der Waals surface area contributed by atoms with E-state index in [9.17, 15) is 9.59 Å². The fourth-order valence-corrected chi connectivity index (χ4v) is 2.46. The summed E-state index contributed by atoms with van der Waals surface area (Å²) in [5.74, 6) is 0.112. The van der Waals surface area contributed by atoms with Crippen LogP contribution in [0.5, 0.6) is 0 Å². The van der Waals surface area contributed by atoms with Gasteiger partial charge in [-0.25, -0.2) is 0 Å². The number of nitrogens with zero attached hydrogens (tertiary/aromatic N) is 2. The Morgan fingerprint density at radius 3 is 2.20 bits per heavy atom. The lowest BCUT2D eigenvalue weighted by atomic mass is 10.2. The van der Waals surface area contributed by atoms with Gasteiger partial charge >= 0.3 is 0 Å². The number of hydrogen-bond donors (Lipinski definition) is 1. The van der Waals surface area contributed by atoms with Gasteiger partial charge in [-0.2, -0.15) is 0 Å². The van der Waals surface area contributed by atoms with Gasteiger partial charge in [-0.05, 0) is 31.3 Å². The molecule has 1 aromatic carbocycles. The van der Waals surface area contributed by atoms with Gasteiger partial charge < -0.3 is 15.1 Å². The molecule has 1 aliphatic heterocycles. The number of amides is 2. The van der Waals surface area contributed by atoms with Gasteiger partial charge in [0.1, 0.15) is 0 Å². The van der Waals surface area contributed by atoms with Crippen molar-refractivity contribution < 1.29 is 9.59 Å². The molecule has 0 unspecified atom stereocenters. The molecule has 1 fully saturated rings. The van der Waals surface area contributed by atoms with E-state index in [1.165, 1.54) is 0 Å². The summed E-state index contributed by atoms with van der Waals surface area (Å²) in [5.41, 5.74) is 0.684. The first-order valence-corrected chi connectivity index (χ1v) is 7.38. The first-order valence-electron chi connectivity index (χ1n) is 6.59. The summed E-state index contributed by atoms with van der Waals surface area (Å²) in [6.07, 6.45) is 0. The number of likely N-dealkylation sites (N-methyl/N-ethyl adjacent to an activating group) is 1. The molecule has 6 heteroatoms. The van der Waals surface area contributed by atoms with Gasteiger partial charge in [0.15, 0.2) is 0 Å². The first kappa shape index (κ1) is 15.0. The van der Waals surface area contributed by atoms with Crippen LogP contribution in [-0.2, 0) is 4.79 Å². The first-order chi connectivity index (χ1) is 9.61. The minimum Gasteiger partial charge on any atom is -0.338 e. The lowest BCUT2D eigenvalue weighted by Crippen LogP contribution is -2.52. The number of carbonyl (C=O) groups is 2. The average molecular weight is 340 g/mol. The highest BCUT2D eigenvalue weighted by Crippen LogP contribution is 2.13. The third-order valence-electron chi connectivity index (χ3n) is 3.34. The van der Waals surface area contributed by atoms with E-state index in [0.29, 0.717) is 38.3 Å². The monoisotopic (exact) mass is 339 g/mol. The second-order valence-electron chi connectivity index (χ2n) is 4.71. The number of hydrogen-bond acceptors (Lipinski definition) is 3. The van der Waals surface area contributed by atoms with Crippen LogP contribution in [0.25, 0.3) is 0 Å². The highest BCUT2D eigenvalue weighted by atomic mass is 79.9. The number of benzene rings is 1. The van der Waals surface area contributed by atoms with Crippen LogP contribution < -0.4 is 5.32 Å². The molecule has 0 radical (unpaired) electrons. The number of rotatable bonds is 3. The summed E-state index contributed by atoms with van der Waals surface area (Å²) in [7, 11) is 1.76. The molecule has 5 nitrogen and oxygen atoms in total. The smallest absolute Gasteiger partial charge is 0.253 e. The predicted molar refractivity (Wildman–Crippen MR) is 80.6 cm³/mol. The van der Waals surface area contributed by atoms with E-state index >= 15 is 0 Å². The fraction of sp³-hybridized carbons (Fsp3) is 0.429. The minimum atomic E-state index is 0.0261. The normalized spacial score (nSPS) is 15.3. The van der Waals surface area contributed by atoms with E-state index in [1.54, 1.807) is 16.8 Å². The SMILES string of the molecule is CNCC(=O)N1CCN(C(=O)c2ccc(Br)cc2)CC1. The molecule has 1 heterocycles. The molecule has 0 bridgehead atoms. The topological polar surface area (TPSA) is 52.7 Å². The zero-order valence-electron chi connectivity index (χ0n) is 11.4. The second-order valence-corrected chi connectivity index (χ2v) is 5.63. The Morgan fingerprint density at radius 2 is 1.65 bits per heavy atom. The maximum absolute atomic E-state index is 12.3. The predicted octanol–water partition coefficient (Wildman–Crippen LogP) is 0.953. The van der Waals surface area contributed by atoms with Gasteiger partial charge in [0, 0.05) is 36.2 Å². The number of piperazine rings is 1. The molecule has 1 saturated heterocycles. The van der Waals surface area contributed by atoms with Crippen molar-refractivity contribution in [2.75, 3.05) is 39.8 Å². The van der Waals surface area contributed by atoms with E-state index in [0.717, 1.165) is 4.47 Å². The van der Waals surface area contributed by atoms with Crippen molar-refractivity contribution in [1.82, 2.24) is 15.1 Å². The van der Waals surface area contributed by atoms with E-state index < -0.39 is 0 Å². The van der Waals surface area contributed by atoms with Crippen LogP contribution in [-0.4, -0.2) is 61.4 Å². The van der Waals surface area contributed by atoms with Gasteiger partial charge in [-0.3, -0.25) is 9.59 Å². The molecule has 0 aliphatic carbocycles. The molecule has 0 aromatic heterocycles. The molecule has 1 aromatic rings. The standard InChI is InChI=1S/C14H18BrN3O2/c1-16-10-13(19)17-6-8-18(9-7-17)14(20)11-2-4-12(15)5-3-11/h2-5,16H,6-10H2,1H3. The van der Waals surface area contributed by atoms with Gasteiger partial charge in [0.05, 0.1) is 6.54 Å². The molecule has 20 heavy (non-hydrogen) atoms. The summed E-state index contributed by atoms with van der Waals surface area (Å²) in [6.45, 7) is 2.72. The summed E-state index contributed by atoms with van der Waals surface area (Å²) >= 11 is 3.35. The van der Waals surface area contributed by atoms with Crippen LogP contribution in [0.15, 0.2) is 28.7 Å². The van der Waals surface area contributed by atoms with Gasteiger partial charge in [-0.15, -0.1) is 0 Å². The average Bonchev–Trinajstić information content (AvgIpc) is 2.48. The maximum atomic E-state index is 12.3. The molecule has 108 valence electrons. The van der Waals surface area contributed by atoms with E-state index in [1.807, 2.05) is 24.3 Å². The van der Waals surface area contributed by atoms with E-state index in [-0.39, 0.29) is 11.8 Å². The lowest BCUT2D eigenvalue weighted by Gasteiger charge is -2.34. The Labute approximate surface area is 127 Å². The van der Waals surface area contributed by atoms with Crippen molar-refractivity contribution >= 4 is 27.7 Å². The van der Waals surface area contributed by atoms with Crippen LogP contribution in [0.4, 0.5) is 0 Å². The molecule has 0 atom stereocenters.